The fraction of sp³-hybridized carbons (Fsp3) is 0.467. The summed E-state index contributed by atoms with van der Waals surface area (Å²) in [5, 5.41) is 8.68. The lowest BCUT2D eigenvalue weighted by Gasteiger charge is -2.21. The van der Waals surface area contributed by atoms with Crippen molar-refractivity contribution in [1.82, 2.24) is 4.90 Å². The summed E-state index contributed by atoms with van der Waals surface area (Å²) in [6, 6.07) is 5.74. The molecule has 4 nitrogen and oxygen atoms in total. The molecule has 1 amide bonds. The summed E-state index contributed by atoms with van der Waals surface area (Å²) >= 11 is 0. The minimum atomic E-state index is 0.100. The molecule has 1 atom stereocenters. The van der Waals surface area contributed by atoms with Crippen LogP contribution in [0, 0.1) is 17.2 Å². The van der Waals surface area contributed by atoms with Gasteiger partial charge < -0.3 is 9.32 Å². The Bertz CT molecular complexity index is 471. The van der Waals surface area contributed by atoms with E-state index in [2.05, 4.69) is 18.2 Å². The smallest absolute Gasteiger partial charge is 0.223 e. The molecule has 4 heteroatoms. The van der Waals surface area contributed by atoms with Crippen LogP contribution in [0.5, 0.6) is 0 Å². The summed E-state index contributed by atoms with van der Waals surface area (Å²) < 4.78 is 5.27. The molecule has 1 aromatic heterocycles. The molecule has 19 heavy (non-hydrogen) atoms. The third kappa shape index (κ3) is 3.99. The van der Waals surface area contributed by atoms with Crippen LogP contribution >= 0.6 is 0 Å². The van der Waals surface area contributed by atoms with Gasteiger partial charge in [-0.25, -0.2) is 0 Å². The SMILES string of the molecule is N#CCCN(Cc1ccco1)C(=O)CC1C=CCC1. The highest BCUT2D eigenvalue weighted by molar-refractivity contribution is 5.76. The first-order valence-corrected chi connectivity index (χ1v) is 6.63. The molecule has 1 aliphatic rings. The molecular weight excluding hydrogens is 240 g/mol. The van der Waals surface area contributed by atoms with Gasteiger partial charge in [0.25, 0.3) is 0 Å². The predicted octanol–water partition coefficient (Wildman–Crippen LogP) is 2.88. The first-order chi connectivity index (χ1) is 9.29. The average Bonchev–Trinajstić information content (AvgIpc) is 3.07. The van der Waals surface area contributed by atoms with Crippen LogP contribution in [0.15, 0.2) is 35.0 Å². The molecule has 0 saturated heterocycles. The summed E-state index contributed by atoms with van der Waals surface area (Å²) in [6.45, 7) is 0.913. The van der Waals surface area contributed by atoms with Gasteiger partial charge in [-0.2, -0.15) is 5.26 Å². The highest BCUT2D eigenvalue weighted by Crippen LogP contribution is 2.21. The molecule has 0 fully saturated rings. The molecule has 0 aliphatic heterocycles. The minimum Gasteiger partial charge on any atom is -0.467 e. The quantitative estimate of drug-likeness (QED) is 0.737. The summed E-state index contributed by atoms with van der Waals surface area (Å²) in [6.07, 6.45) is 8.85. The Hall–Kier alpha value is -2.02. The molecule has 1 aliphatic carbocycles. The van der Waals surface area contributed by atoms with Crippen molar-refractivity contribution in [2.24, 2.45) is 5.92 Å². The van der Waals surface area contributed by atoms with E-state index in [4.69, 9.17) is 9.68 Å². The first kappa shape index (κ1) is 13.4. The van der Waals surface area contributed by atoms with Crippen molar-refractivity contribution >= 4 is 5.91 Å². The van der Waals surface area contributed by atoms with Gasteiger partial charge in [-0.05, 0) is 30.9 Å². The number of allylic oxidation sites excluding steroid dienone is 2. The second-order valence-corrected chi connectivity index (χ2v) is 4.77. The van der Waals surface area contributed by atoms with E-state index in [9.17, 15) is 4.79 Å². The average molecular weight is 258 g/mol. The standard InChI is InChI=1S/C15H18N2O2/c16-8-4-9-17(12-14-7-3-10-19-14)15(18)11-13-5-1-2-6-13/h1,3,5,7,10,13H,2,4,6,9,11-12H2. The van der Waals surface area contributed by atoms with Crippen molar-refractivity contribution < 1.29 is 9.21 Å². The zero-order valence-electron chi connectivity index (χ0n) is 10.9. The van der Waals surface area contributed by atoms with E-state index < -0.39 is 0 Å². The van der Waals surface area contributed by atoms with Gasteiger partial charge in [-0.1, -0.05) is 12.2 Å². The topological polar surface area (TPSA) is 57.2 Å². The maximum Gasteiger partial charge on any atom is 0.223 e. The number of furan rings is 1. The van der Waals surface area contributed by atoms with Gasteiger partial charge in [0.1, 0.15) is 5.76 Å². The van der Waals surface area contributed by atoms with Gasteiger partial charge in [0.15, 0.2) is 0 Å². The highest BCUT2D eigenvalue weighted by atomic mass is 16.3. The highest BCUT2D eigenvalue weighted by Gasteiger charge is 2.20. The second-order valence-electron chi connectivity index (χ2n) is 4.77. The van der Waals surface area contributed by atoms with Gasteiger partial charge in [-0.3, -0.25) is 4.79 Å². The number of hydrogen-bond donors (Lipinski definition) is 0. The molecule has 100 valence electrons. The van der Waals surface area contributed by atoms with Gasteiger partial charge >= 0.3 is 0 Å². The van der Waals surface area contributed by atoms with Crippen molar-refractivity contribution in [3.63, 3.8) is 0 Å². The van der Waals surface area contributed by atoms with Crippen molar-refractivity contribution in [2.45, 2.75) is 32.2 Å². The van der Waals surface area contributed by atoms with Crippen LogP contribution in [-0.4, -0.2) is 17.4 Å². The molecule has 0 spiro atoms. The molecule has 0 bridgehead atoms. The van der Waals surface area contributed by atoms with E-state index in [1.54, 1.807) is 11.2 Å². The van der Waals surface area contributed by atoms with E-state index in [-0.39, 0.29) is 5.91 Å². The Morgan fingerprint density at radius 2 is 2.47 bits per heavy atom. The third-order valence-electron chi connectivity index (χ3n) is 3.32. The molecule has 1 aromatic rings. The summed E-state index contributed by atoms with van der Waals surface area (Å²) in [7, 11) is 0. The molecular formula is C15H18N2O2. The Kier molecular flexibility index (Phi) is 4.79. The molecule has 2 rings (SSSR count). The molecule has 1 heterocycles. The van der Waals surface area contributed by atoms with Gasteiger partial charge in [0, 0.05) is 13.0 Å². The zero-order valence-corrected chi connectivity index (χ0v) is 10.9. The van der Waals surface area contributed by atoms with E-state index in [1.807, 2.05) is 12.1 Å². The number of nitrogens with zero attached hydrogens (tertiary/aromatic N) is 2. The van der Waals surface area contributed by atoms with Crippen LogP contribution in [0.1, 0.15) is 31.4 Å². The van der Waals surface area contributed by atoms with Crippen molar-refractivity contribution in [2.75, 3.05) is 6.54 Å². The van der Waals surface area contributed by atoms with Crippen LogP contribution < -0.4 is 0 Å². The number of hydrogen-bond acceptors (Lipinski definition) is 3. The lowest BCUT2D eigenvalue weighted by atomic mass is 10.0. The monoisotopic (exact) mass is 258 g/mol. The second kappa shape index (κ2) is 6.79. The number of amides is 1. The number of nitriles is 1. The minimum absolute atomic E-state index is 0.100. The van der Waals surface area contributed by atoms with Crippen LogP contribution in [0.2, 0.25) is 0 Å². The Morgan fingerprint density at radius 3 is 3.11 bits per heavy atom. The fourth-order valence-corrected chi connectivity index (χ4v) is 2.29. The molecule has 0 saturated carbocycles. The van der Waals surface area contributed by atoms with E-state index in [0.717, 1.165) is 18.6 Å². The van der Waals surface area contributed by atoms with Gasteiger partial charge in [-0.15, -0.1) is 0 Å². The van der Waals surface area contributed by atoms with Crippen molar-refractivity contribution in [1.29, 1.82) is 5.26 Å². The maximum absolute atomic E-state index is 12.3. The summed E-state index contributed by atoms with van der Waals surface area (Å²) in [5.74, 6) is 1.21. The van der Waals surface area contributed by atoms with E-state index in [1.165, 1.54) is 0 Å². The lowest BCUT2D eigenvalue weighted by Crippen LogP contribution is -2.32. The van der Waals surface area contributed by atoms with E-state index in [0.29, 0.717) is 31.8 Å². The van der Waals surface area contributed by atoms with Crippen LogP contribution in [0.4, 0.5) is 0 Å². The van der Waals surface area contributed by atoms with Crippen LogP contribution in [-0.2, 0) is 11.3 Å². The normalized spacial score (nSPS) is 17.3. The molecule has 0 radical (unpaired) electrons. The fourth-order valence-electron chi connectivity index (χ4n) is 2.29. The third-order valence-corrected chi connectivity index (χ3v) is 3.32. The van der Waals surface area contributed by atoms with Gasteiger partial charge in [0.2, 0.25) is 5.91 Å². The van der Waals surface area contributed by atoms with Crippen molar-refractivity contribution in [3.8, 4) is 6.07 Å². The van der Waals surface area contributed by atoms with Crippen molar-refractivity contribution in [3.05, 3.63) is 36.3 Å². The predicted molar refractivity (Wildman–Crippen MR) is 70.8 cm³/mol. The van der Waals surface area contributed by atoms with Gasteiger partial charge in [0.05, 0.1) is 25.3 Å². The maximum atomic E-state index is 12.3. The van der Waals surface area contributed by atoms with E-state index >= 15 is 0 Å². The Morgan fingerprint density at radius 1 is 1.58 bits per heavy atom. The molecule has 1 unspecified atom stereocenters. The lowest BCUT2D eigenvalue weighted by molar-refractivity contribution is -0.132. The first-order valence-electron chi connectivity index (χ1n) is 6.63. The Labute approximate surface area is 113 Å². The largest absolute Gasteiger partial charge is 0.467 e. The van der Waals surface area contributed by atoms with Crippen LogP contribution in [0.3, 0.4) is 0 Å². The van der Waals surface area contributed by atoms with Crippen LogP contribution in [0.25, 0.3) is 0 Å². The molecule has 0 N–H and O–H groups in total. The summed E-state index contributed by atoms with van der Waals surface area (Å²) in [5.41, 5.74) is 0. The Balaban J connectivity index is 1.93. The number of carbonyl (C=O) groups is 1. The zero-order chi connectivity index (χ0) is 13.5. The number of rotatable bonds is 6. The summed E-state index contributed by atoms with van der Waals surface area (Å²) in [4.78, 5) is 14.0. The molecule has 0 aromatic carbocycles. The number of carbonyl (C=O) groups excluding carboxylic acids is 1.